The highest BCUT2D eigenvalue weighted by atomic mass is 79.9. The Labute approximate surface area is 114 Å². The third-order valence-corrected chi connectivity index (χ3v) is 3.73. The molecule has 0 bridgehead atoms. The molecule has 2 rings (SSSR count). The molecule has 1 saturated heterocycles. The predicted octanol–water partition coefficient (Wildman–Crippen LogP) is 1.86. The van der Waals surface area contributed by atoms with Crippen LogP contribution in [0.25, 0.3) is 0 Å². The van der Waals surface area contributed by atoms with Gasteiger partial charge in [-0.3, -0.25) is 19.8 Å². The molecule has 1 heterocycles. The normalized spacial score (nSPS) is 21.5. The van der Waals surface area contributed by atoms with E-state index in [0.29, 0.717) is 0 Å². The summed E-state index contributed by atoms with van der Waals surface area (Å²) in [5, 5.41) is 3.20. The second kappa shape index (κ2) is 5.20. The lowest BCUT2D eigenvalue weighted by molar-refractivity contribution is -0.137. The van der Waals surface area contributed by atoms with Crippen LogP contribution in [0.5, 0.6) is 0 Å². The maximum atomic E-state index is 11.8. The fourth-order valence-electron chi connectivity index (χ4n) is 2.04. The van der Waals surface area contributed by atoms with Crippen molar-refractivity contribution in [1.29, 1.82) is 0 Å². The molecule has 0 radical (unpaired) electrons. The Kier molecular flexibility index (Phi) is 3.82. The fraction of sp³-hybridized carbons (Fsp3) is 0.385. The molecule has 0 aliphatic carbocycles. The Hall–Kier alpha value is -1.20. The summed E-state index contributed by atoms with van der Waals surface area (Å²) in [7, 11) is 1.52. The summed E-state index contributed by atoms with van der Waals surface area (Å²) in [4.78, 5) is 24.4. The molecule has 18 heavy (non-hydrogen) atoms. The van der Waals surface area contributed by atoms with Crippen molar-refractivity contribution in [2.75, 3.05) is 7.05 Å². The first-order valence-electron chi connectivity index (χ1n) is 5.81. The lowest BCUT2D eigenvalue weighted by Crippen LogP contribution is -2.38. The van der Waals surface area contributed by atoms with E-state index < -0.39 is 6.04 Å². The van der Waals surface area contributed by atoms with Crippen LogP contribution in [0.15, 0.2) is 28.7 Å². The third kappa shape index (κ3) is 2.62. The van der Waals surface area contributed by atoms with E-state index in [1.54, 1.807) is 0 Å². The Bertz CT molecular complexity index is 472. The van der Waals surface area contributed by atoms with Crippen LogP contribution in [0.4, 0.5) is 0 Å². The first-order chi connectivity index (χ1) is 8.49. The Morgan fingerprint density at radius 3 is 2.44 bits per heavy atom. The van der Waals surface area contributed by atoms with Gasteiger partial charge in [-0.15, -0.1) is 0 Å². The van der Waals surface area contributed by atoms with E-state index in [9.17, 15) is 9.59 Å². The van der Waals surface area contributed by atoms with Gasteiger partial charge in [-0.25, -0.2) is 0 Å². The van der Waals surface area contributed by atoms with Gasteiger partial charge < -0.3 is 0 Å². The minimum Gasteiger partial charge on any atom is -0.299 e. The number of imide groups is 1. The standard InChI is InChI=1S/C13H15BrN2O2/c1-8(9-3-5-10(14)6-4-9)15-11-7-12(17)16(2)13(11)18/h3-6,8,11,15H,7H2,1-2H3/t8-,11?/m1/s1. The van der Waals surface area contributed by atoms with Crippen LogP contribution in [0.1, 0.15) is 24.9 Å². The SMILES string of the molecule is C[C@@H](NC1CC(=O)N(C)C1=O)c1ccc(Br)cc1. The van der Waals surface area contributed by atoms with Gasteiger partial charge in [0.05, 0.1) is 12.5 Å². The topological polar surface area (TPSA) is 49.4 Å². The average molecular weight is 311 g/mol. The molecular weight excluding hydrogens is 296 g/mol. The number of rotatable bonds is 3. The summed E-state index contributed by atoms with van der Waals surface area (Å²) >= 11 is 3.38. The molecule has 1 N–H and O–H groups in total. The second-order valence-electron chi connectivity index (χ2n) is 4.49. The minimum atomic E-state index is -0.402. The highest BCUT2D eigenvalue weighted by Gasteiger charge is 2.36. The molecule has 2 amide bonds. The lowest BCUT2D eigenvalue weighted by Gasteiger charge is -2.18. The zero-order valence-corrected chi connectivity index (χ0v) is 11.9. The van der Waals surface area contributed by atoms with Gasteiger partial charge in [0.15, 0.2) is 0 Å². The maximum absolute atomic E-state index is 11.8. The fourth-order valence-corrected chi connectivity index (χ4v) is 2.30. The molecule has 5 heteroatoms. The molecule has 1 aromatic carbocycles. The molecule has 0 aromatic heterocycles. The number of likely N-dealkylation sites (tertiary alicyclic amines) is 1. The highest BCUT2D eigenvalue weighted by Crippen LogP contribution is 2.19. The van der Waals surface area contributed by atoms with Crippen molar-refractivity contribution in [3.8, 4) is 0 Å². The zero-order chi connectivity index (χ0) is 13.3. The van der Waals surface area contributed by atoms with Crippen molar-refractivity contribution < 1.29 is 9.59 Å². The Balaban J connectivity index is 2.04. The van der Waals surface area contributed by atoms with Crippen molar-refractivity contribution in [1.82, 2.24) is 10.2 Å². The smallest absolute Gasteiger partial charge is 0.246 e. The molecule has 1 unspecified atom stereocenters. The van der Waals surface area contributed by atoms with Crippen LogP contribution in [0, 0.1) is 0 Å². The summed E-state index contributed by atoms with van der Waals surface area (Å²) in [5.41, 5.74) is 1.09. The summed E-state index contributed by atoms with van der Waals surface area (Å²) in [6.07, 6.45) is 0.246. The van der Waals surface area contributed by atoms with Crippen molar-refractivity contribution >= 4 is 27.7 Å². The largest absolute Gasteiger partial charge is 0.299 e. The first-order valence-corrected chi connectivity index (χ1v) is 6.60. The van der Waals surface area contributed by atoms with Crippen LogP contribution < -0.4 is 5.32 Å². The molecule has 96 valence electrons. The van der Waals surface area contributed by atoms with Crippen LogP contribution in [-0.2, 0) is 9.59 Å². The molecule has 4 nitrogen and oxygen atoms in total. The Morgan fingerprint density at radius 1 is 1.33 bits per heavy atom. The van der Waals surface area contributed by atoms with Gasteiger partial charge in [-0.1, -0.05) is 28.1 Å². The minimum absolute atomic E-state index is 0.0337. The number of nitrogens with one attached hydrogen (secondary N) is 1. The van der Waals surface area contributed by atoms with Gasteiger partial charge in [0.25, 0.3) is 0 Å². The van der Waals surface area contributed by atoms with Crippen molar-refractivity contribution in [3.63, 3.8) is 0 Å². The number of carbonyl (C=O) groups excluding carboxylic acids is 2. The van der Waals surface area contributed by atoms with Gasteiger partial charge >= 0.3 is 0 Å². The Morgan fingerprint density at radius 2 is 1.94 bits per heavy atom. The van der Waals surface area contributed by atoms with E-state index in [1.165, 1.54) is 11.9 Å². The van der Waals surface area contributed by atoms with Crippen molar-refractivity contribution in [3.05, 3.63) is 34.3 Å². The number of likely N-dealkylation sites (N-methyl/N-ethyl adjacent to an activating group) is 1. The number of hydrogen-bond acceptors (Lipinski definition) is 3. The molecular formula is C13H15BrN2O2. The quantitative estimate of drug-likeness (QED) is 0.867. The highest BCUT2D eigenvalue weighted by molar-refractivity contribution is 9.10. The van der Waals surface area contributed by atoms with E-state index in [2.05, 4.69) is 21.2 Å². The van der Waals surface area contributed by atoms with Gasteiger partial charge in [0.2, 0.25) is 11.8 Å². The van der Waals surface area contributed by atoms with Crippen molar-refractivity contribution in [2.45, 2.75) is 25.4 Å². The summed E-state index contributed by atoms with van der Waals surface area (Å²) < 4.78 is 1.02. The van der Waals surface area contributed by atoms with E-state index in [0.717, 1.165) is 10.0 Å². The molecule has 1 aliphatic rings. The van der Waals surface area contributed by atoms with Crippen LogP contribution in [0.3, 0.4) is 0 Å². The third-order valence-electron chi connectivity index (χ3n) is 3.20. The monoisotopic (exact) mass is 310 g/mol. The lowest BCUT2D eigenvalue weighted by atomic mass is 10.1. The van der Waals surface area contributed by atoms with Crippen LogP contribution in [0.2, 0.25) is 0 Å². The summed E-state index contributed by atoms with van der Waals surface area (Å²) in [6.45, 7) is 1.99. The number of nitrogens with zero attached hydrogens (tertiary/aromatic N) is 1. The second-order valence-corrected chi connectivity index (χ2v) is 5.40. The summed E-state index contributed by atoms with van der Waals surface area (Å²) in [5.74, 6) is -0.274. The molecule has 1 aliphatic heterocycles. The van der Waals surface area contributed by atoms with Crippen molar-refractivity contribution in [2.24, 2.45) is 0 Å². The van der Waals surface area contributed by atoms with Gasteiger partial charge in [-0.2, -0.15) is 0 Å². The van der Waals surface area contributed by atoms with E-state index in [4.69, 9.17) is 0 Å². The molecule has 1 fully saturated rings. The van der Waals surface area contributed by atoms with E-state index in [-0.39, 0.29) is 24.3 Å². The molecule has 1 aromatic rings. The van der Waals surface area contributed by atoms with E-state index in [1.807, 2.05) is 31.2 Å². The molecule has 0 spiro atoms. The molecule has 2 atom stereocenters. The number of carbonyl (C=O) groups is 2. The predicted molar refractivity (Wildman–Crippen MR) is 71.9 cm³/mol. The number of benzene rings is 1. The number of amides is 2. The number of halogens is 1. The van der Waals surface area contributed by atoms with Crippen LogP contribution >= 0.6 is 15.9 Å². The van der Waals surface area contributed by atoms with Crippen LogP contribution in [-0.4, -0.2) is 29.8 Å². The van der Waals surface area contributed by atoms with Gasteiger partial charge in [0, 0.05) is 17.6 Å². The number of hydrogen-bond donors (Lipinski definition) is 1. The van der Waals surface area contributed by atoms with E-state index >= 15 is 0 Å². The molecule has 0 saturated carbocycles. The van der Waals surface area contributed by atoms with Gasteiger partial charge in [0.1, 0.15) is 0 Å². The zero-order valence-electron chi connectivity index (χ0n) is 10.3. The summed E-state index contributed by atoms with van der Waals surface area (Å²) in [6, 6.07) is 7.54. The first kappa shape index (κ1) is 13.2. The maximum Gasteiger partial charge on any atom is 0.246 e. The average Bonchev–Trinajstić information content (AvgIpc) is 2.58. The van der Waals surface area contributed by atoms with Gasteiger partial charge in [-0.05, 0) is 24.6 Å².